The molecule has 1 aliphatic heterocycles. The van der Waals surface area contributed by atoms with E-state index >= 15 is 0 Å². The number of alkyl halides is 2. The normalized spacial score (nSPS) is 17.7. The van der Waals surface area contributed by atoms with Crippen molar-refractivity contribution in [3.8, 4) is 0 Å². The molecule has 0 atom stereocenters. The van der Waals surface area contributed by atoms with Gasteiger partial charge in [0.15, 0.2) is 0 Å². The van der Waals surface area contributed by atoms with Crippen molar-refractivity contribution in [1.82, 2.24) is 0 Å². The molecule has 2 rings (SSSR count). The van der Waals surface area contributed by atoms with Crippen LogP contribution in [0.15, 0.2) is 12.1 Å². The minimum Gasteiger partial charge on any atom is -0.371 e. The second-order valence-corrected chi connectivity index (χ2v) is 4.38. The van der Waals surface area contributed by atoms with Crippen LogP contribution in [0, 0.1) is 18.6 Å². The fraction of sp³-hybridized carbons (Fsp3) is 0.571. The number of piperidine rings is 1. The summed E-state index contributed by atoms with van der Waals surface area (Å²) in [5.74, 6) is -3.94. The predicted octanol–water partition coefficient (Wildman–Crippen LogP) is 4.53. The molecular weight excluding hydrogens is 258 g/mol. The number of hydrogen-bond acceptors (Lipinski definition) is 1. The molecule has 19 heavy (non-hydrogen) atoms. The van der Waals surface area contributed by atoms with Crippen molar-refractivity contribution >= 4 is 5.69 Å². The molecule has 1 aromatic rings. The van der Waals surface area contributed by atoms with Gasteiger partial charge in [0.05, 0.1) is 0 Å². The van der Waals surface area contributed by atoms with Gasteiger partial charge in [0.2, 0.25) is 0 Å². The third kappa shape index (κ3) is 3.85. The lowest BCUT2D eigenvalue weighted by Gasteiger charge is -2.33. The van der Waals surface area contributed by atoms with Crippen molar-refractivity contribution in [3.05, 3.63) is 29.3 Å². The summed E-state index contributed by atoms with van der Waals surface area (Å²) in [6.45, 7) is 5.59. The lowest BCUT2D eigenvalue weighted by Crippen LogP contribution is -2.39. The van der Waals surface area contributed by atoms with Crippen molar-refractivity contribution in [2.75, 3.05) is 18.0 Å². The highest BCUT2D eigenvalue weighted by Crippen LogP contribution is 2.31. The van der Waals surface area contributed by atoms with Gasteiger partial charge in [-0.05, 0) is 19.1 Å². The van der Waals surface area contributed by atoms with E-state index in [0.29, 0.717) is 5.69 Å². The lowest BCUT2D eigenvalue weighted by atomic mass is 10.1. The molecule has 1 fully saturated rings. The molecule has 1 aromatic carbocycles. The summed E-state index contributed by atoms with van der Waals surface area (Å²) in [6, 6.07) is 2.39. The minimum atomic E-state index is -2.65. The maximum absolute atomic E-state index is 13.3. The maximum Gasteiger partial charge on any atom is 0.251 e. The number of rotatable bonds is 1. The van der Waals surface area contributed by atoms with Crippen molar-refractivity contribution < 1.29 is 17.6 Å². The SMILES string of the molecule is CC.Cc1c(F)cc(N2CCC(F)(F)CC2)cc1F. The number of hydrogen-bond donors (Lipinski definition) is 0. The fourth-order valence-corrected chi connectivity index (χ4v) is 1.91. The molecule has 1 nitrogen and oxygen atoms in total. The van der Waals surface area contributed by atoms with E-state index in [1.165, 1.54) is 19.1 Å². The van der Waals surface area contributed by atoms with Gasteiger partial charge in [-0.25, -0.2) is 17.6 Å². The van der Waals surface area contributed by atoms with Gasteiger partial charge in [-0.2, -0.15) is 0 Å². The molecule has 1 heterocycles. The van der Waals surface area contributed by atoms with E-state index < -0.39 is 17.6 Å². The Kier molecular flexibility index (Phi) is 5.20. The van der Waals surface area contributed by atoms with Crippen molar-refractivity contribution in [1.29, 1.82) is 0 Å². The van der Waals surface area contributed by atoms with Crippen LogP contribution in [0.25, 0.3) is 0 Å². The molecule has 0 saturated carbocycles. The van der Waals surface area contributed by atoms with Gasteiger partial charge in [0, 0.05) is 37.2 Å². The standard InChI is InChI=1S/C12H13F4N.C2H6/c1-8-10(13)6-9(7-11(8)14)17-4-2-12(15,16)3-5-17;1-2/h6-7H,2-5H2,1H3;1-2H3. The topological polar surface area (TPSA) is 3.24 Å². The summed E-state index contributed by atoms with van der Waals surface area (Å²) < 4.78 is 52.5. The summed E-state index contributed by atoms with van der Waals surface area (Å²) >= 11 is 0. The van der Waals surface area contributed by atoms with Gasteiger partial charge in [0.1, 0.15) is 11.6 Å². The molecule has 1 aliphatic rings. The van der Waals surface area contributed by atoms with Crippen LogP contribution in [0.1, 0.15) is 32.3 Å². The first-order chi connectivity index (χ1) is 8.89. The molecule has 0 aliphatic carbocycles. The van der Waals surface area contributed by atoms with Gasteiger partial charge in [0.25, 0.3) is 5.92 Å². The summed E-state index contributed by atoms with van der Waals surface area (Å²) in [7, 11) is 0. The van der Waals surface area contributed by atoms with Gasteiger partial charge in [-0.1, -0.05) is 13.8 Å². The smallest absolute Gasteiger partial charge is 0.251 e. The zero-order valence-electron chi connectivity index (χ0n) is 11.4. The first kappa shape index (κ1) is 15.8. The highest BCUT2D eigenvalue weighted by molar-refractivity contribution is 5.49. The van der Waals surface area contributed by atoms with E-state index in [1.807, 2.05) is 13.8 Å². The van der Waals surface area contributed by atoms with Crippen LogP contribution in [0.2, 0.25) is 0 Å². The molecule has 0 radical (unpaired) electrons. The molecular formula is C14H19F4N. The molecule has 108 valence electrons. The molecule has 1 saturated heterocycles. The molecule has 0 N–H and O–H groups in total. The van der Waals surface area contributed by atoms with E-state index in [1.54, 1.807) is 4.90 Å². The van der Waals surface area contributed by atoms with Gasteiger partial charge < -0.3 is 4.90 Å². The minimum absolute atomic E-state index is 0.0453. The molecule has 5 heteroatoms. The van der Waals surface area contributed by atoms with Crippen LogP contribution in [0.5, 0.6) is 0 Å². The van der Waals surface area contributed by atoms with Crippen LogP contribution < -0.4 is 4.90 Å². The summed E-state index contributed by atoms with van der Waals surface area (Å²) in [6.07, 6.45) is -0.547. The molecule has 0 spiro atoms. The Bertz CT molecular complexity index is 398. The second kappa shape index (κ2) is 6.26. The molecule has 0 unspecified atom stereocenters. The largest absolute Gasteiger partial charge is 0.371 e. The van der Waals surface area contributed by atoms with Crippen LogP contribution in [0.3, 0.4) is 0 Å². The van der Waals surface area contributed by atoms with E-state index in [2.05, 4.69) is 0 Å². The lowest BCUT2D eigenvalue weighted by molar-refractivity contribution is -0.0220. The first-order valence-electron chi connectivity index (χ1n) is 6.47. The van der Waals surface area contributed by atoms with Crippen molar-refractivity contribution in [3.63, 3.8) is 0 Å². The summed E-state index contributed by atoms with van der Waals surface area (Å²) in [5, 5.41) is 0. The zero-order valence-corrected chi connectivity index (χ0v) is 11.4. The zero-order chi connectivity index (χ0) is 14.6. The van der Waals surface area contributed by atoms with Gasteiger partial charge in [-0.3, -0.25) is 0 Å². The number of nitrogens with zero attached hydrogens (tertiary/aromatic N) is 1. The summed E-state index contributed by atoms with van der Waals surface area (Å²) in [4.78, 5) is 1.59. The van der Waals surface area contributed by atoms with Crippen molar-refractivity contribution in [2.45, 2.75) is 39.5 Å². The average Bonchev–Trinajstić information content (AvgIpc) is 2.38. The number of halogens is 4. The van der Waals surface area contributed by atoms with E-state index in [9.17, 15) is 17.6 Å². The van der Waals surface area contributed by atoms with Crippen LogP contribution in [0.4, 0.5) is 23.2 Å². The monoisotopic (exact) mass is 277 g/mol. The Balaban J connectivity index is 0.000000861. The molecule has 0 amide bonds. The van der Waals surface area contributed by atoms with Crippen LogP contribution >= 0.6 is 0 Å². The van der Waals surface area contributed by atoms with Crippen LogP contribution in [-0.2, 0) is 0 Å². The van der Waals surface area contributed by atoms with E-state index in [-0.39, 0.29) is 31.5 Å². The Morgan fingerprint density at radius 1 is 1.00 bits per heavy atom. The Labute approximate surface area is 111 Å². The highest BCUT2D eigenvalue weighted by atomic mass is 19.3. The number of benzene rings is 1. The maximum atomic E-state index is 13.3. The average molecular weight is 277 g/mol. The quantitative estimate of drug-likeness (QED) is 0.681. The molecule has 0 bridgehead atoms. The summed E-state index contributed by atoms with van der Waals surface area (Å²) in [5.41, 5.74) is 0.289. The van der Waals surface area contributed by atoms with Gasteiger partial charge >= 0.3 is 0 Å². The fourth-order valence-electron chi connectivity index (χ4n) is 1.91. The van der Waals surface area contributed by atoms with E-state index in [4.69, 9.17) is 0 Å². The number of anilines is 1. The Morgan fingerprint density at radius 2 is 1.42 bits per heavy atom. The van der Waals surface area contributed by atoms with E-state index in [0.717, 1.165) is 0 Å². The molecule has 0 aromatic heterocycles. The third-order valence-corrected chi connectivity index (χ3v) is 3.13. The second-order valence-electron chi connectivity index (χ2n) is 4.38. The predicted molar refractivity (Wildman–Crippen MR) is 68.8 cm³/mol. The van der Waals surface area contributed by atoms with Crippen molar-refractivity contribution in [2.24, 2.45) is 0 Å². The van der Waals surface area contributed by atoms with Gasteiger partial charge in [-0.15, -0.1) is 0 Å². The Hall–Kier alpha value is -1.26. The first-order valence-corrected chi connectivity index (χ1v) is 6.47. The Morgan fingerprint density at radius 3 is 1.84 bits per heavy atom. The highest BCUT2D eigenvalue weighted by Gasteiger charge is 2.34. The van der Waals surface area contributed by atoms with Crippen LogP contribution in [-0.4, -0.2) is 19.0 Å². The third-order valence-electron chi connectivity index (χ3n) is 3.13.